The molecule has 6 heteroatoms. The van der Waals surface area contributed by atoms with Crippen molar-refractivity contribution in [3.8, 4) is 0 Å². The summed E-state index contributed by atoms with van der Waals surface area (Å²) in [7, 11) is 0. The van der Waals surface area contributed by atoms with Gasteiger partial charge in [0.15, 0.2) is 0 Å². The number of carbonyl (C=O) groups is 1. The number of hydrogen-bond acceptors (Lipinski definition) is 5. The molecule has 1 amide bonds. The van der Waals surface area contributed by atoms with E-state index < -0.39 is 5.60 Å². The fraction of sp³-hybridized carbons (Fsp3) is 0.647. The van der Waals surface area contributed by atoms with Gasteiger partial charge >= 0.3 is 6.09 Å². The number of hydrogen-bond donors (Lipinski definition) is 1. The summed E-state index contributed by atoms with van der Waals surface area (Å²) in [5.74, 6) is 0.931. The van der Waals surface area contributed by atoms with Gasteiger partial charge in [-0.05, 0) is 38.8 Å². The number of anilines is 1. The number of piperazine rings is 1. The Morgan fingerprint density at radius 3 is 2.43 bits per heavy atom. The summed E-state index contributed by atoms with van der Waals surface area (Å²) >= 11 is 0. The molecule has 2 rings (SSSR count). The quantitative estimate of drug-likeness (QED) is 0.926. The molecule has 23 heavy (non-hydrogen) atoms. The molecule has 0 unspecified atom stereocenters. The van der Waals surface area contributed by atoms with Crippen molar-refractivity contribution >= 4 is 11.9 Å². The molecule has 1 saturated heterocycles. The predicted octanol–water partition coefficient (Wildman–Crippen LogP) is 2.55. The van der Waals surface area contributed by atoms with Gasteiger partial charge in [0.25, 0.3) is 0 Å². The highest BCUT2D eigenvalue weighted by Crippen LogP contribution is 2.19. The maximum absolute atomic E-state index is 12.1. The van der Waals surface area contributed by atoms with Crippen LogP contribution in [-0.2, 0) is 4.74 Å². The molecule has 1 aromatic heterocycles. The van der Waals surface area contributed by atoms with Gasteiger partial charge in [-0.3, -0.25) is 0 Å². The first kappa shape index (κ1) is 17.5. The zero-order valence-corrected chi connectivity index (χ0v) is 14.6. The van der Waals surface area contributed by atoms with Crippen LogP contribution in [0.3, 0.4) is 0 Å². The van der Waals surface area contributed by atoms with Gasteiger partial charge in [-0.25, -0.2) is 9.78 Å². The molecule has 0 aromatic carbocycles. The average molecular weight is 320 g/mol. The summed E-state index contributed by atoms with van der Waals surface area (Å²) in [5.41, 5.74) is 6.62. The maximum Gasteiger partial charge on any atom is 0.410 e. The number of pyridine rings is 1. The SMILES string of the molecule is CC[C@@H](N)c1ccc(N2CCN(C(=O)OC(C)(C)C)CC2)nc1. The lowest BCUT2D eigenvalue weighted by molar-refractivity contribution is 0.0240. The number of nitrogens with zero attached hydrogens (tertiary/aromatic N) is 3. The van der Waals surface area contributed by atoms with Crippen LogP contribution in [0.4, 0.5) is 10.6 Å². The van der Waals surface area contributed by atoms with E-state index in [0.29, 0.717) is 13.1 Å². The van der Waals surface area contributed by atoms with Crippen LogP contribution in [0.2, 0.25) is 0 Å². The molecular weight excluding hydrogens is 292 g/mol. The fourth-order valence-electron chi connectivity index (χ4n) is 2.48. The zero-order valence-electron chi connectivity index (χ0n) is 14.6. The third-order valence-electron chi connectivity index (χ3n) is 3.89. The number of ether oxygens (including phenoxy) is 1. The van der Waals surface area contributed by atoms with Crippen molar-refractivity contribution < 1.29 is 9.53 Å². The number of aromatic nitrogens is 1. The lowest BCUT2D eigenvalue weighted by Gasteiger charge is -2.36. The van der Waals surface area contributed by atoms with Gasteiger partial charge in [0, 0.05) is 38.4 Å². The number of amides is 1. The minimum Gasteiger partial charge on any atom is -0.444 e. The van der Waals surface area contributed by atoms with Crippen LogP contribution in [0.15, 0.2) is 18.3 Å². The van der Waals surface area contributed by atoms with E-state index in [1.807, 2.05) is 39.1 Å². The summed E-state index contributed by atoms with van der Waals surface area (Å²) in [6, 6.07) is 4.09. The highest BCUT2D eigenvalue weighted by molar-refractivity contribution is 5.68. The van der Waals surface area contributed by atoms with Gasteiger partial charge in [0.1, 0.15) is 11.4 Å². The van der Waals surface area contributed by atoms with Gasteiger partial charge < -0.3 is 20.3 Å². The molecule has 0 saturated carbocycles. The standard InChI is InChI=1S/C17H28N4O2/c1-5-14(18)13-6-7-15(19-12-13)20-8-10-21(11-9-20)16(22)23-17(2,3)4/h6-7,12,14H,5,8-11,18H2,1-4H3/t14-/m1/s1. The van der Waals surface area contributed by atoms with Crippen LogP contribution >= 0.6 is 0 Å². The summed E-state index contributed by atoms with van der Waals surface area (Å²) < 4.78 is 5.41. The second-order valence-corrected chi connectivity index (χ2v) is 6.92. The Morgan fingerprint density at radius 2 is 1.96 bits per heavy atom. The molecule has 0 radical (unpaired) electrons. The highest BCUT2D eigenvalue weighted by atomic mass is 16.6. The Hall–Kier alpha value is -1.82. The van der Waals surface area contributed by atoms with Gasteiger partial charge in [0.2, 0.25) is 0 Å². The highest BCUT2D eigenvalue weighted by Gasteiger charge is 2.26. The van der Waals surface area contributed by atoms with E-state index in [0.717, 1.165) is 30.9 Å². The van der Waals surface area contributed by atoms with Crippen LogP contribution < -0.4 is 10.6 Å². The summed E-state index contributed by atoms with van der Waals surface area (Å²) in [5, 5.41) is 0. The number of rotatable bonds is 3. The molecule has 2 heterocycles. The molecule has 1 atom stereocenters. The molecule has 2 N–H and O–H groups in total. The average Bonchev–Trinajstić information content (AvgIpc) is 2.53. The summed E-state index contributed by atoms with van der Waals surface area (Å²) in [4.78, 5) is 20.5. The predicted molar refractivity (Wildman–Crippen MR) is 91.5 cm³/mol. The van der Waals surface area contributed by atoms with E-state index in [9.17, 15) is 4.79 Å². The molecule has 1 aliphatic heterocycles. The van der Waals surface area contributed by atoms with Crippen LogP contribution in [0.25, 0.3) is 0 Å². The molecular formula is C17H28N4O2. The topological polar surface area (TPSA) is 71.7 Å². The molecule has 0 bridgehead atoms. The normalized spacial score (nSPS) is 17.1. The third-order valence-corrected chi connectivity index (χ3v) is 3.89. The Balaban J connectivity index is 1.90. The first-order valence-corrected chi connectivity index (χ1v) is 8.24. The van der Waals surface area contributed by atoms with Crippen LogP contribution in [0.1, 0.15) is 45.7 Å². The van der Waals surface area contributed by atoms with Gasteiger partial charge in [-0.15, -0.1) is 0 Å². The van der Waals surface area contributed by atoms with Gasteiger partial charge in [-0.2, -0.15) is 0 Å². The second-order valence-electron chi connectivity index (χ2n) is 6.92. The lowest BCUT2D eigenvalue weighted by Crippen LogP contribution is -2.50. The minimum absolute atomic E-state index is 0.0422. The first-order chi connectivity index (χ1) is 10.8. The summed E-state index contributed by atoms with van der Waals surface area (Å²) in [6.45, 7) is 10.5. The largest absolute Gasteiger partial charge is 0.444 e. The monoisotopic (exact) mass is 320 g/mol. The molecule has 128 valence electrons. The van der Waals surface area contributed by atoms with Gasteiger partial charge in [0.05, 0.1) is 0 Å². The summed E-state index contributed by atoms with van der Waals surface area (Å²) in [6.07, 6.45) is 2.51. The fourth-order valence-corrected chi connectivity index (χ4v) is 2.48. The van der Waals surface area contributed by atoms with E-state index in [1.165, 1.54) is 0 Å². The maximum atomic E-state index is 12.1. The van der Waals surface area contributed by atoms with E-state index in [2.05, 4.69) is 16.8 Å². The van der Waals surface area contributed by atoms with E-state index in [4.69, 9.17) is 10.5 Å². The Kier molecular flexibility index (Phi) is 5.46. The minimum atomic E-state index is -0.455. The molecule has 1 aliphatic rings. The van der Waals surface area contributed by atoms with Crippen molar-refractivity contribution in [2.45, 2.75) is 45.8 Å². The molecule has 1 aromatic rings. The second kappa shape index (κ2) is 7.17. The van der Waals surface area contributed by atoms with E-state index >= 15 is 0 Å². The third kappa shape index (κ3) is 4.82. The van der Waals surface area contributed by atoms with E-state index in [1.54, 1.807) is 4.90 Å². The molecule has 0 aliphatic carbocycles. The zero-order chi connectivity index (χ0) is 17.0. The molecule has 6 nitrogen and oxygen atoms in total. The first-order valence-electron chi connectivity index (χ1n) is 8.24. The number of carbonyl (C=O) groups excluding carboxylic acids is 1. The van der Waals surface area contributed by atoms with Crippen molar-refractivity contribution in [2.24, 2.45) is 5.73 Å². The Labute approximate surface area is 138 Å². The Bertz CT molecular complexity index is 516. The van der Waals surface area contributed by atoms with Crippen LogP contribution in [0.5, 0.6) is 0 Å². The van der Waals surface area contributed by atoms with Crippen molar-refractivity contribution in [3.05, 3.63) is 23.9 Å². The Morgan fingerprint density at radius 1 is 1.30 bits per heavy atom. The van der Waals surface area contributed by atoms with Crippen molar-refractivity contribution in [1.29, 1.82) is 0 Å². The lowest BCUT2D eigenvalue weighted by atomic mass is 10.1. The smallest absolute Gasteiger partial charge is 0.410 e. The van der Waals surface area contributed by atoms with Crippen molar-refractivity contribution in [2.75, 3.05) is 31.1 Å². The van der Waals surface area contributed by atoms with Crippen LogP contribution in [-0.4, -0.2) is 47.8 Å². The van der Waals surface area contributed by atoms with Crippen molar-refractivity contribution in [3.63, 3.8) is 0 Å². The molecule has 0 spiro atoms. The number of nitrogens with two attached hydrogens (primary N) is 1. The van der Waals surface area contributed by atoms with Crippen LogP contribution in [0, 0.1) is 0 Å². The van der Waals surface area contributed by atoms with Crippen molar-refractivity contribution in [1.82, 2.24) is 9.88 Å². The molecule has 1 fully saturated rings. The van der Waals surface area contributed by atoms with E-state index in [-0.39, 0.29) is 12.1 Å². The van der Waals surface area contributed by atoms with Gasteiger partial charge in [-0.1, -0.05) is 13.0 Å².